The Morgan fingerprint density at radius 2 is 2.04 bits per heavy atom. The first kappa shape index (κ1) is 19.0. The normalized spacial score (nSPS) is 12.9. The molecule has 8 heteroatoms. The third kappa shape index (κ3) is 4.37. The van der Waals surface area contributed by atoms with E-state index >= 15 is 0 Å². The van der Waals surface area contributed by atoms with Crippen molar-refractivity contribution in [1.29, 1.82) is 0 Å². The van der Waals surface area contributed by atoms with Crippen molar-refractivity contribution in [1.82, 2.24) is 14.8 Å². The Bertz CT molecular complexity index is 724. The number of rotatable bonds is 6. The molecule has 0 aliphatic heterocycles. The van der Waals surface area contributed by atoms with Gasteiger partial charge in [-0.25, -0.2) is 14.5 Å². The van der Waals surface area contributed by atoms with Crippen molar-refractivity contribution in [3.05, 3.63) is 41.3 Å². The van der Waals surface area contributed by atoms with Gasteiger partial charge in [-0.15, -0.1) is 0 Å². The SMILES string of the molecule is CCCC(C)c1nn(-c2ccc(C(F)(F)F)cn2)cc1C(=O)OCC. The number of pyridine rings is 1. The standard InChI is InChI=1S/C17H20F3N3O2/c1-4-6-11(3)15-13(16(24)25-5-2)10-23(22-15)14-8-7-12(9-21-14)17(18,19)20/h7-11H,4-6H2,1-3H3. The number of carbonyl (C=O) groups excluding carboxylic acids is 1. The minimum Gasteiger partial charge on any atom is -0.462 e. The van der Waals surface area contributed by atoms with Gasteiger partial charge in [0.15, 0.2) is 5.82 Å². The fourth-order valence-electron chi connectivity index (χ4n) is 2.49. The molecular formula is C17H20F3N3O2. The van der Waals surface area contributed by atoms with Crippen molar-refractivity contribution in [3.63, 3.8) is 0 Å². The van der Waals surface area contributed by atoms with Crippen LogP contribution in [0.15, 0.2) is 24.5 Å². The predicted molar refractivity (Wildman–Crippen MR) is 85.6 cm³/mol. The summed E-state index contributed by atoms with van der Waals surface area (Å²) in [6.07, 6.45) is -0.517. The van der Waals surface area contributed by atoms with Gasteiger partial charge in [-0.2, -0.15) is 18.3 Å². The van der Waals surface area contributed by atoms with E-state index in [-0.39, 0.29) is 18.3 Å². The molecule has 0 aliphatic rings. The first-order valence-electron chi connectivity index (χ1n) is 8.08. The molecule has 2 rings (SSSR count). The molecule has 2 heterocycles. The fourth-order valence-corrected chi connectivity index (χ4v) is 2.49. The minimum absolute atomic E-state index is 0.0140. The summed E-state index contributed by atoms with van der Waals surface area (Å²) in [6, 6.07) is 2.15. The number of nitrogens with zero attached hydrogens (tertiary/aromatic N) is 3. The summed E-state index contributed by atoms with van der Waals surface area (Å²) >= 11 is 0. The summed E-state index contributed by atoms with van der Waals surface area (Å²) in [5, 5.41) is 4.37. The number of esters is 1. The molecule has 136 valence electrons. The van der Waals surface area contributed by atoms with Crippen LogP contribution in [-0.2, 0) is 10.9 Å². The molecule has 2 aromatic heterocycles. The quantitative estimate of drug-likeness (QED) is 0.722. The number of aromatic nitrogens is 3. The van der Waals surface area contributed by atoms with E-state index in [1.54, 1.807) is 6.92 Å². The average Bonchev–Trinajstić information content (AvgIpc) is 3.00. The van der Waals surface area contributed by atoms with Crippen LogP contribution in [0.25, 0.3) is 5.82 Å². The van der Waals surface area contributed by atoms with Gasteiger partial charge < -0.3 is 4.74 Å². The maximum atomic E-state index is 12.6. The van der Waals surface area contributed by atoms with Gasteiger partial charge in [0.1, 0.15) is 5.56 Å². The van der Waals surface area contributed by atoms with Gasteiger partial charge in [0.25, 0.3) is 0 Å². The minimum atomic E-state index is -4.45. The van der Waals surface area contributed by atoms with E-state index in [0.717, 1.165) is 25.1 Å². The van der Waals surface area contributed by atoms with Crippen LogP contribution in [0.2, 0.25) is 0 Å². The molecule has 0 spiro atoms. The van der Waals surface area contributed by atoms with E-state index in [1.165, 1.54) is 16.9 Å². The van der Waals surface area contributed by atoms with Gasteiger partial charge in [0.05, 0.1) is 17.9 Å². The number of hydrogen-bond donors (Lipinski definition) is 0. The molecule has 0 aliphatic carbocycles. The van der Waals surface area contributed by atoms with E-state index in [4.69, 9.17) is 4.74 Å². The van der Waals surface area contributed by atoms with Crippen LogP contribution in [0.5, 0.6) is 0 Å². The van der Waals surface area contributed by atoms with Gasteiger partial charge in [0, 0.05) is 18.3 Å². The van der Waals surface area contributed by atoms with Gasteiger partial charge in [0.2, 0.25) is 0 Å². The van der Waals surface area contributed by atoms with Gasteiger partial charge in [-0.1, -0.05) is 20.3 Å². The summed E-state index contributed by atoms with van der Waals surface area (Å²) < 4.78 is 44.3. The highest BCUT2D eigenvalue weighted by Crippen LogP contribution is 2.29. The van der Waals surface area contributed by atoms with Gasteiger partial charge >= 0.3 is 12.1 Å². The lowest BCUT2D eigenvalue weighted by Crippen LogP contribution is -2.08. The summed E-state index contributed by atoms with van der Waals surface area (Å²) in [5.41, 5.74) is 0.0279. The maximum absolute atomic E-state index is 12.6. The lowest BCUT2D eigenvalue weighted by molar-refractivity contribution is -0.137. The molecule has 0 saturated heterocycles. The average molecular weight is 355 g/mol. The molecule has 0 amide bonds. The van der Waals surface area contributed by atoms with Crippen LogP contribution in [-0.4, -0.2) is 27.3 Å². The number of ether oxygens (including phenoxy) is 1. The van der Waals surface area contributed by atoms with Crippen LogP contribution in [0, 0.1) is 0 Å². The summed E-state index contributed by atoms with van der Waals surface area (Å²) in [6.45, 7) is 5.90. The first-order chi connectivity index (χ1) is 11.8. The molecule has 25 heavy (non-hydrogen) atoms. The number of hydrogen-bond acceptors (Lipinski definition) is 4. The predicted octanol–water partition coefficient (Wildman–Crippen LogP) is 4.37. The Hall–Kier alpha value is -2.38. The van der Waals surface area contributed by atoms with Crippen molar-refractivity contribution < 1.29 is 22.7 Å². The molecule has 5 nitrogen and oxygen atoms in total. The Balaban J connectivity index is 2.41. The number of alkyl halides is 3. The Morgan fingerprint density at radius 3 is 2.56 bits per heavy atom. The topological polar surface area (TPSA) is 57.0 Å². The highest BCUT2D eigenvalue weighted by Gasteiger charge is 2.31. The molecule has 0 N–H and O–H groups in total. The second kappa shape index (κ2) is 7.67. The largest absolute Gasteiger partial charge is 0.462 e. The number of carbonyl (C=O) groups is 1. The summed E-state index contributed by atoms with van der Waals surface area (Å²) in [4.78, 5) is 16.0. The van der Waals surface area contributed by atoms with Crippen molar-refractivity contribution >= 4 is 5.97 Å². The fraction of sp³-hybridized carbons (Fsp3) is 0.471. The summed E-state index contributed by atoms with van der Waals surface area (Å²) in [5.74, 6) is -0.285. The Labute approximate surface area is 143 Å². The van der Waals surface area contributed by atoms with Crippen LogP contribution < -0.4 is 0 Å². The van der Waals surface area contributed by atoms with Gasteiger partial charge in [-0.05, 0) is 25.5 Å². The van der Waals surface area contributed by atoms with Gasteiger partial charge in [-0.3, -0.25) is 0 Å². The first-order valence-corrected chi connectivity index (χ1v) is 8.08. The van der Waals surface area contributed by atoms with E-state index in [0.29, 0.717) is 11.3 Å². The van der Waals surface area contributed by atoms with E-state index in [2.05, 4.69) is 10.1 Å². The van der Waals surface area contributed by atoms with Crippen molar-refractivity contribution in [2.75, 3.05) is 6.61 Å². The highest BCUT2D eigenvalue weighted by molar-refractivity contribution is 5.90. The van der Waals surface area contributed by atoms with Crippen LogP contribution >= 0.6 is 0 Å². The van der Waals surface area contributed by atoms with Crippen LogP contribution in [0.3, 0.4) is 0 Å². The van der Waals surface area contributed by atoms with E-state index < -0.39 is 17.7 Å². The molecular weight excluding hydrogens is 335 g/mol. The molecule has 0 bridgehead atoms. The Kier molecular flexibility index (Phi) is 5.81. The number of halogens is 3. The van der Waals surface area contributed by atoms with Crippen LogP contribution in [0.1, 0.15) is 61.1 Å². The highest BCUT2D eigenvalue weighted by atomic mass is 19.4. The molecule has 0 radical (unpaired) electrons. The van der Waals surface area contributed by atoms with Crippen molar-refractivity contribution in [3.8, 4) is 5.82 Å². The Morgan fingerprint density at radius 1 is 1.32 bits per heavy atom. The maximum Gasteiger partial charge on any atom is 0.417 e. The van der Waals surface area contributed by atoms with E-state index in [1.807, 2.05) is 13.8 Å². The zero-order chi connectivity index (χ0) is 18.6. The smallest absolute Gasteiger partial charge is 0.417 e. The second-order valence-electron chi connectivity index (χ2n) is 5.69. The molecule has 2 aromatic rings. The molecule has 1 atom stereocenters. The lowest BCUT2D eigenvalue weighted by atomic mass is 9.99. The van der Waals surface area contributed by atoms with Crippen LogP contribution in [0.4, 0.5) is 13.2 Å². The van der Waals surface area contributed by atoms with Crippen molar-refractivity contribution in [2.24, 2.45) is 0 Å². The molecule has 1 unspecified atom stereocenters. The third-order valence-electron chi connectivity index (χ3n) is 3.74. The van der Waals surface area contributed by atoms with E-state index in [9.17, 15) is 18.0 Å². The second-order valence-corrected chi connectivity index (χ2v) is 5.69. The zero-order valence-corrected chi connectivity index (χ0v) is 14.3. The van der Waals surface area contributed by atoms with Crippen molar-refractivity contribution in [2.45, 2.75) is 45.7 Å². The zero-order valence-electron chi connectivity index (χ0n) is 14.3. The lowest BCUT2D eigenvalue weighted by Gasteiger charge is -2.09. The molecule has 0 fully saturated rings. The third-order valence-corrected chi connectivity index (χ3v) is 3.74. The summed E-state index contributed by atoms with van der Waals surface area (Å²) in [7, 11) is 0. The monoisotopic (exact) mass is 355 g/mol. The molecule has 0 saturated carbocycles. The molecule has 0 aromatic carbocycles.